The molecule has 2 aliphatic rings. The maximum Gasteiger partial charge on any atom is 0.223 e. The van der Waals surface area contributed by atoms with E-state index in [2.05, 4.69) is 19.2 Å². The van der Waals surface area contributed by atoms with Crippen LogP contribution in [0.5, 0.6) is 0 Å². The second kappa shape index (κ2) is 4.36. The van der Waals surface area contributed by atoms with Gasteiger partial charge in [0.25, 0.3) is 0 Å². The standard InChI is InChI=1S/C13H24N2O/c1-3-13(14,4-2)8-15-12(16)11-9-6-5-7-10(9)11/h9-11H,3-8,14H2,1-2H3,(H,15,16). The summed E-state index contributed by atoms with van der Waals surface area (Å²) in [5.74, 6) is 1.99. The van der Waals surface area contributed by atoms with Gasteiger partial charge < -0.3 is 11.1 Å². The fourth-order valence-electron chi connectivity index (χ4n) is 3.09. The van der Waals surface area contributed by atoms with E-state index in [1.165, 1.54) is 19.3 Å². The lowest BCUT2D eigenvalue weighted by Gasteiger charge is -2.27. The third kappa shape index (κ3) is 2.10. The van der Waals surface area contributed by atoms with Crippen LogP contribution in [-0.4, -0.2) is 18.0 Å². The monoisotopic (exact) mass is 224 g/mol. The normalized spacial score (nSPS) is 32.3. The van der Waals surface area contributed by atoms with Crippen LogP contribution >= 0.6 is 0 Å². The van der Waals surface area contributed by atoms with E-state index in [-0.39, 0.29) is 11.4 Å². The number of amides is 1. The molecule has 2 atom stereocenters. The summed E-state index contributed by atoms with van der Waals surface area (Å²) in [6.07, 6.45) is 5.68. The third-order valence-corrected chi connectivity index (χ3v) is 4.73. The van der Waals surface area contributed by atoms with Crippen LogP contribution in [0.15, 0.2) is 0 Å². The van der Waals surface area contributed by atoms with Crippen molar-refractivity contribution in [2.75, 3.05) is 6.54 Å². The molecular formula is C13H24N2O. The van der Waals surface area contributed by atoms with Crippen LogP contribution in [0.25, 0.3) is 0 Å². The van der Waals surface area contributed by atoms with Gasteiger partial charge in [-0.05, 0) is 37.5 Å². The molecule has 3 nitrogen and oxygen atoms in total. The minimum atomic E-state index is -0.209. The summed E-state index contributed by atoms with van der Waals surface area (Å²) in [5.41, 5.74) is 5.96. The summed E-state index contributed by atoms with van der Waals surface area (Å²) >= 11 is 0. The number of hydrogen-bond acceptors (Lipinski definition) is 2. The van der Waals surface area contributed by atoms with Crippen molar-refractivity contribution in [2.45, 2.75) is 51.5 Å². The highest BCUT2D eigenvalue weighted by molar-refractivity contribution is 5.82. The van der Waals surface area contributed by atoms with Gasteiger partial charge in [0.2, 0.25) is 5.91 Å². The summed E-state index contributed by atoms with van der Waals surface area (Å²) in [7, 11) is 0. The summed E-state index contributed by atoms with van der Waals surface area (Å²) < 4.78 is 0. The maximum absolute atomic E-state index is 11.9. The summed E-state index contributed by atoms with van der Waals surface area (Å²) in [4.78, 5) is 11.9. The lowest BCUT2D eigenvalue weighted by molar-refractivity contribution is -0.123. The smallest absolute Gasteiger partial charge is 0.223 e. The number of nitrogens with two attached hydrogens (primary N) is 1. The van der Waals surface area contributed by atoms with E-state index in [0.29, 0.717) is 24.3 Å². The zero-order valence-electron chi connectivity index (χ0n) is 10.5. The van der Waals surface area contributed by atoms with Gasteiger partial charge in [-0.15, -0.1) is 0 Å². The largest absolute Gasteiger partial charge is 0.354 e. The first-order chi connectivity index (χ1) is 7.61. The van der Waals surface area contributed by atoms with E-state index in [9.17, 15) is 4.79 Å². The van der Waals surface area contributed by atoms with E-state index in [1.54, 1.807) is 0 Å². The van der Waals surface area contributed by atoms with Gasteiger partial charge in [0.05, 0.1) is 0 Å². The molecule has 0 bridgehead atoms. The van der Waals surface area contributed by atoms with Crippen LogP contribution in [0.3, 0.4) is 0 Å². The van der Waals surface area contributed by atoms with E-state index in [4.69, 9.17) is 5.73 Å². The van der Waals surface area contributed by atoms with Crippen LogP contribution < -0.4 is 11.1 Å². The van der Waals surface area contributed by atoms with E-state index in [0.717, 1.165) is 12.8 Å². The molecule has 0 spiro atoms. The number of nitrogens with one attached hydrogen (secondary N) is 1. The van der Waals surface area contributed by atoms with Gasteiger partial charge in [0.1, 0.15) is 0 Å². The molecule has 0 aromatic heterocycles. The van der Waals surface area contributed by atoms with Crippen LogP contribution in [0, 0.1) is 17.8 Å². The predicted octanol–water partition coefficient (Wildman–Crippen LogP) is 1.67. The summed E-state index contributed by atoms with van der Waals surface area (Å²) in [6, 6.07) is 0. The molecular weight excluding hydrogens is 200 g/mol. The lowest BCUT2D eigenvalue weighted by Crippen LogP contribution is -2.49. The van der Waals surface area contributed by atoms with Gasteiger partial charge in [-0.25, -0.2) is 0 Å². The highest BCUT2D eigenvalue weighted by Crippen LogP contribution is 2.57. The van der Waals surface area contributed by atoms with Crippen molar-refractivity contribution in [1.82, 2.24) is 5.32 Å². The Morgan fingerprint density at radius 1 is 1.31 bits per heavy atom. The van der Waals surface area contributed by atoms with Crippen LogP contribution in [0.4, 0.5) is 0 Å². The van der Waals surface area contributed by atoms with Crippen LogP contribution in [0.1, 0.15) is 46.0 Å². The molecule has 16 heavy (non-hydrogen) atoms. The molecule has 3 heteroatoms. The maximum atomic E-state index is 11.9. The molecule has 0 radical (unpaired) electrons. The van der Waals surface area contributed by atoms with Gasteiger partial charge in [0.15, 0.2) is 0 Å². The molecule has 2 fully saturated rings. The summed E-state index contributed by atoms with van der Waals surface area (Å²) in [5, 5.41) is 3.05. The zero-order chi connectivity index (χ0) is 11.8. The van der Waals surface area contributed by atoms with Gasteiger partial charge in [-0.3, -0.25) is 4.79 Å². The second-order valence-electron chi connectivity index (χ2n) is 5.57. The fraction of sp³-hybridized carbons (Fsp3) is 0.923. The Labute approximate surface area is 98.2 Å². The number of fused-ring (bicyclic) bond motifs is 1. The molecule has 1 amide bonds. The molecule has 0 aliphatic heterocycles. The van der Waals surface area contributed by atoms with Crippen LogP contribution in [-0.2, 0) is 4.79 Å². The van der Waals surface area contributed by atoms with Crippen molar-refractivity contribution in [3.63, 3.8) is 0 Å². The Morgan fingerprint density at radius 2 is 1.88 bits per heavy atom. The topological polar surface area (TPSA) is 55.1 Å². The van der Waals surface area contributed by atoms with Gasteiger partial charge in [-0.1, -0.05) is 20.3 Å². The average molecular weight is 224 g/mol. The molecule has 0 aromatic rings. The van der Waals surface area contributed by atoms with Crippen molar-refractivity contribution in [2.24, 2.45) is 23.5 Å². The first-order valence-corrected chi connectivity index (χ1v) is 6.68. The van der Waals surface area contributed by atoms with E-state index >= 15 is 0 Å². The van der Waals surface area contributed by atoms with Gasteiger partial charge >= 0.3 is 0 Å². The Bertz CT molecular complexity index is 263. The molecule has 2 rings (SSSR count). The summed E-state index contributed by atoms with van der Waals surface area (Å²) in [6.45, 7) is 4.80. The van der Waals surface area contributed by atoms with Crippen molar-refractivity contribution < 1.29 is 4.79 Å². The van der Waals surface area contributed by atoms with Crippen LogP contribution in [0.2, 0.25) is 0 Å². The molecule has 2 aliphatic carbocycles. The Morgan fingerprint density at radius 3 is 2.38 bits per heavy atom. The highest BCUT2D eigenvalue weighted by atomic mass is 16.2. The molecule has 3 N–H and O–H groups in total. The van der Waals surface area contributed by atoms with Crippen molar-refractivity contribution >= 4 is 5.91 Å². The minimum absolute atomic E-state index is 0.209. The SMILES string of the molecule is CCC(N)(CC)CNC(=O)C1C2CCCC21. The predicted molar refractivity (Wildman–Crippen MR) is 64.8 cm³/mol. The molecule has 0 aromatic carbocycles. The van der Waals surface area contributed by atoms with Crippen molar-refractivity contribution in [3.05, 3.63) is 0 Å². The van der Waals surface area contributed by atoms with Crippen molar-refractivity contribution in [3.8, 4) is 0 Å². The highest BCUT2D eigenvalue weighted by Gasteiger charge is 2.56. The third-order valence-electron chi connectivity index (χ3n) is 4.73. The Hall–Kier alpha value is -0.570. The van der Waals surface area contributed by atoms with Gasteiger partial charge in [0, 0.05) is 18.0 Å². The number of rotatable bonds is 5. The van der Waals surface area contributed by atoms with Gasteiger partial charge in [-0.2, -0.15) is 0 Å². The Balaban J connectivity index is 1.76. The lowest BCUT2D eigenvalue weighted by atomic mass is 9.94. The average Bonchev–Trinajstić information content (AvgIpc) is 2.79. The molecule has 0 heterocycles. The first kappa shape index (κ1) is 11.9. The Kier molecular flexibility index (Phi) is 3.24. The van der Waals surface area contributed by atoms with E-state index < -0.39 is 0 Å². The first-order valence-electron chi connectivity index (χ1n) is 6.68. The zero-order valence-corrected chi connectivity index (χ0v) is 10.5. The van der Waals surface area contributed by atoms with Crippen molar-refractivity contribution in [1.29, 1.82) is 0 Å². The minimum Gasteiger partial charge on any atom is -0.354 e. The fourth-order valence-corrected chi connectivity index (χ4v) is 3.09. The number of hydrogen-bond donors (Lipinski definition) is 2. The second-order valence-corrected chi connectivity index (χ2v) is 5.57. The molecule has 0 saturated heterocycles. The number of carbonyl (C=O) groups is 1. The van der Waals surface area contributed by atoms with E-state index in [1.807, 2.05) is 0 Å². The quantitative estimate of drug-likeness (QED) is 0.746. The molecule has 2 saturated carbocycles. The number of carbonyl (C=O) groups excluding carboxylic acids is 1. The molecule has 2 unspecified atom stereocenters. The molecule has 92 valence electrons.